The van der Waals surface area contributed by atoms with Crippen LogP contribution in [0.25, 0.3) is 0 Å². The summed E-state index contributed by atoms with van der Waals surface area (Å²) in [5.41, 5.74) is 2.02. The minimum absolute atomic E-state index is 0.205. The topological polar surface area (TPSA) is 64.1 Å². The Kier molecular flexibility index (Phi) is 3.62. The van der Waals surface area contributed by atoms with Crippen LogP contribution in [0.1, 0.15) is 28.5 Å². The molecule has 21 heavy (non-hydrogen) atoms. The number of hydrogen-bond donors (Lipinski definition) is 1. The smallest absolute Gasteiger partial charge is 0.225 e. The van der Waals surface area contributed by atoms with Crippen LogP contribution in [-0.4, -0.2) is 22.3 Å². The lowest BCUT2D eigenvalue weighted by Gasteiger charge is -2.18. The zero-order valence-electron chi connectivity index (χ0n) is 11.5. The number of ether oxygens (including phenoxy) is 1. The van der Waals surface area contributed by atoms with Gasteiger partial charge in [-0.2, -0.15) is 0 Å². The lowest BCUT2D eigenvalue weighted by Crippen LogP contribution is -2.25. The largest absolute Gasteiger partial charge is 0.438 e. The number of carbonyl (C=O) groups is 1. The third-order valence-corrected chi connectivity index (χ3v) is 3.37. The maximum Gasteiger partial charge on any atom is 0.225 e. The van der Waals surface area contributed by atoms with Crippen molar-refractivity contribution >= 4 is 5.78 Å². The van der Waals surface area contributed by atoms with Crippen LogP contribution >= 0.6 is 0 Å². The Balaban J connectivity index is 2.00. The first-order valence-electron chi connectivity index (χ1n) is 6.67. The van der Waals surface area contributed by atoms with E-state index in [2.05, 4.69) is 15.3 Å². The predicted molar refractivity (Wildman–Crippen MR) is 73.9 cm³/mol. The van der Waals surface area contributed by atoms with E-state index >= 15 is 0 Å². The van der Waals surface area contributed by atoms with Gasteiger partial charge in [-0.25, -0.2) is 14.4 Å². The minimum Gasteiger partial charge on any atom is -0.438 e. The molecular weight excluding hydrogens is 273 g/mol. The molecule has 0 bridgehead atoms. The van der Waals surface area contributed by atoms with E-state index in [0.717, 1.165) is 24.2 Å². The highest BCUT2D eigenvalue weighted by Gasteiger charge is 2.18. The van der Waals surface area contributed by atoms with E-state index in [4.69, 9.17) is 4.74 Å². The van der Waals surface area contributed by atoms with Crippen LogP contribution in [0.15, 0.2) is 24.5 Å². The summed E-state index contributed by atoms with van der Waals surface area (Å²) in [6.07, 6.45) is 2.18. The van der Waals surface area contributed by atoms with E-state index in [1.54, 1.807) is 0 Å². The number of carbonyl (C=O) groups excluding carboxylic acids is 1. The van der Waals surface area contributed by atoms with Gasteiger partial charge in [0.15, 0.2) is 5.78 Å². The molecule has 0 unspecified atom stereocenters. The van der Waals surface area contributed by atoms with E-state index < -0.39 is 5.82 Å². The highest BCUT2D eigenvalue weighted by molar-refractivity contribution is 5.96. The maximum absolute atomic E-state index is 13.3. The molecule has 3 rings (SSSR count). The molecule has 2 aromatic rings. The molecule has 0 saturated heterocycles. The van der Waals surface area contributed by atoms with Crippen molar-refractivity contribution in [3.63, 3.8) is 0 Å². The van der Waals surface area contributed by atoms with E-state index in [0.29, 0.717) is 18.2 Å². The van der Waals surface area contributed by atoms with Gasteiger partial charge in [0.1, 0.15) is 17.9 Å². The zero-order chi connectivity index (χ0) is 14.8. The molecule has 1 aromatic heterocycles. The second-order valence-electron chi connectivity index (χ2n) is 4.83. The number of ketones is 1. The molecule has 0 spiro atoms. The monoisotopic (exact) mass is 287 g/mol. The molecule has 6 heteroatoms. The molecule has 0 atom stereocenters. The van der Waals surface area contributed by atoms with Crippen LogP contribution in [0.4, 0.5) is 4.39 Å². The molecule has 0 saturated carbocycles. The van der Waals surface area contributed by atoms with Gasteiger partial charge in [-0.05, 0) is 38.1 Å². The second-order valence-corrected chi connectivity index (χ2v) is 4.83. The van der Waals surface area contributed by atoms with Crippen molar-refractivity contribution < 1.29 is 13.9 Å². The summed E-state index contributed by atoms with van der Waals surface area (Å²) < 4.78 is 19.0. The van der Waals surface area contributed by atoms with Gasteiger partial charge in [0.2, 0.25) is 5.88 Å². The van der Waals surface area contributed by atoms with Crippen molar-refractivity contribution in [1.29, 1.82) is 0 Å². The van der Waals surface area contributed by atoms with Gasteiger partial charge in [0.25, 0.3) is 0 Å². The Morgan fingerprint density at radius 3 is 3.05 bits per heavy atom. The quantitative estimate of drug-likeness (QED) is 0.877. The summed E-state index contributed by atoms with van der Waals surface area (Å²) in [7, 11) is 0. The second kappa shape index (κ2) is 5.57. The van der Waals surface area contributed by atoms with E-state index in [1.807, 2.05) is 0 Å². The fraction of sp³-hybridized carbons (Fsp3) is 0.267. The number of fused-ring (bicyclic) bond motifs is 1. The Morgan fingerprint density at radius 2 is 2.24 bits per heavy atom. The number of Topliss-reactive ketones (excluding diaryl/α,β-unsaturated/α-hetero) is 1. The summed E-state index contributed by atoms with van der Waals surface area (Å²) in [6.45, 7) is 2.86. The van der Waals surface area contributed by atoms with Gasteiger partial charge in [-0.15, -0.1) is 0 Å². The molecule has 1 aliphatic rings. The average Bonchev–Trinajstić information content (AvgIpc) is 2.49. The highest BCUT2D eigenvalue weighted by atomic mass is 19.1. The number of hydrogen-bond acceptors (Lipinski definition) is 5. The van der Waals surface area contributed by atoms with Crippen molar-refractivity contribution in [1.82, 2.24) is 15.3 Å². The summed E-state index contributed by atoms with van der Waals surface area (Å²) in [5.74, 6) is 0.00879. The van der Waals surface area contributed by atoms with Crippen molar-refractivity contribution in [2.75, 3.05) is 6.54 Å². The first-order valence-corrected chi connectivity index (χ1v) is 6.67. The fourth-order valence-electron chi connectivity index (χ4n) is 2.31. The fourth-order valence-corrected chi connectivity index (χ4v) is 2.31. The molecule has 108 valence electrons. The van der Waals surface area contributed by atoms with E-state index in [-0.39, 0.29) is 11.3 Å². The third kappa shape index (κ3) is 2.75. The lowest BCUT2D eigenvalue weighted by atomic mass is 10.1. The number of nitrogens with one attached hydrogen (secondary N) is 1. The molecule has 1 aliphatic heterocycles. The molecule has 2 heterocycles. The highest BCUT2D eigenvalue weighted by Crippen LogP contribution is 2.29. The SMILES string of the molecule is CC(=O)c1cc(F)ccc1Oc1ncnc2c1CCNC2. The van der Waals surface area contributed by atoms with Crippen LogP contribution in [0.5, 0.6) is 11.6 Å². The third-order valence-electron chi connectivity index (χ3n) is 3.37. The van der Waals surface area contributed by atoms with Gasteiger partial charge < -0.3 is 10.1 Å². The Hall–Kier alpha value is -2.34. The number of benzene rings is 1. The van der Waals surface area contributed by atoms with Crippen molar-refractivity contribution in [3.05, 3.63) is 47.2 Å². The van der Waals surface area contributed by atoms with Gasteiger partial charge in [-0.3, -0.25) is 4.79 Å². The van der Waals surface area contributed by atoms with Crippen molar-refractivity contribution in [2.24, 2.45) is 0 Å². The number of aromatic nitrogens is 2. The predicted octanol–water partition coefficient (Wildman–Crippen LogP) is 2.26. The van der Waals surface area contributed by atoms with E-state index in [9.17, 15) is 9.18 Å². The molecule has 0 radical (unpaired) electrons. The summed E-state index contributed by atoms with van der Waals surface area (Å²) in [5, 5.41) is 3.22. The molecule has 0 amide bonds. The summed E-state index contributed by atoms with van der Waals surface area (Å²) >= 11 is 0. The van der Waals surface area contributed by atoms with Gasteiger partial charge in [0, 0.05) is 12.1 Å². The molecule has 0 aliphatic carbocycles. The molecule has 0 fully saturated rings. The standard InChI is InChI=1S/C15H14FN3O2/c1-9(20)12-6-10(16)2-3-14(12)21-15-11-4-5-17-7-13(11)18-8-19-15/h2-3,6,8,17H,4-5,7H2,1H3. The van der Waals surface area contributed by atoms with Gasteiger partial charge in [-0.1, -0.05) is 0 Å². The van der Waals surface area contributed by atoms with Crippen LogP contribution in [0, 0.1) is 5.82 Å². The Morgan fingerprint density at radius 1 is 1.38 bits per heavy atom. The number of halogens is 1. The van der Waals surface area contributed by atoms with Crippen LogP contribution in [0.3, 0.4) is 0 Å². The Bertz CT molecular complexity index is 703. The minimum atomic E-state index is -0.471. The molecule has 1 N–H and O–H groups in total. The first-order chi connectivity index (χ1) is 10.1. The summed E-state index contributed by atoms with van der Waals surface area (Å²) in [4.78, 5) is 20.0. The number of nitrogens with zero attached hydrogens (tertiary/aromatic N) is 2. The average molecular weight is 287 g/mol. The van der Waals surface area contributed by atoms with Crippen molar-refractivity contribution in [2.45, 2.75) is 19.9 Å². The first kappa shape index (κ1) is 13.6. The Labute approximate surface area is 121 Å². The molecule has 5 nitrogen and oxygen atoms in total. The number of rotatable bonds is 3. The lowest BCUT2D eigenvalue weighted by molar-refractivity contribution is 0.101. The normalized spacial score (nSPS) is 13.6. The molecular formula is C15H14FN3O2. The van der Waals surface area contributed by atoms with Gasteiger partial charge in [0.05, 0.1) is 11.3 Å². The zero-order valence-corrected chi connectivity index (χ0v) is 11.5. The van der Waals surface area contributed by atoms with Crippen LogP contribution < -0.4 is 10.1 Å². The van der Waals surface area contributed by atoms with Crippen LogP contribution in [-0.2, 0) is 13.0 Å². The van der Waals surface area contributed by atoms with Crippen LogP contribution in [0.2, 0.25) is 0 Å². The van der Waals surface area contributed by atoms with Crippen molar-refractivity contribution in [3.8, 4) is 11.6 Å². The van der Waals surface area contributed by atoms with E-state index in [1.165, 1.54) is 31.5 Å². The summed E-state index contributed by atoms with van der Waals surface area (Å²) in [6, 6.07) is 3.88. The van der Waals surface area contributed by atoms with Gasteiger partial charge >= 0.3 is 0 Å². The maximum atomic E-state index is 13.3. The molecule has 1 aromatic carbocycles.